The molecule has 0 aliphatic carbocycles. The molecule has 0 bridgehead atoms. The molecule has 0 aliphatic heterocycles. The number of amidine groups is 2. The van der Waals surface area contributed by atoms with E-state index in [-0.39, 0.29) is 49.4 Å². The van der Waals surface area contributed by atoms with Crippen molar-refractivity contribution in [3.05, 3.63) is 59.3 Å². The molecule has 380 valence electrons. The average Bonchev–Trinajstić information content (AvgIpc) is 3.92. The van der Waals surface area contributed by atoms with Crippen molar-refractivity contribution in [2.24, 2.45) is 27.2 Å². The molecule has 5 atom stereocenters. The number of nitrogens with zero attached hydrogens (tertiary/aromatic N) is 6. The van der Waals surface area contributed by atoms with Gasteiger partial charge in [0, 0.05) is 44.2 Å². The molecule has 2 heterocycles. The lowest BCUT2D eigenvalue weighted by atomic mass is 10.1. The largest absolute Gasteiger partial charge is 0.460 e. The Hall–Kier alpha value is -5.92. The van der Waals surface area contributed by atoms with E-state index >= 15 is 0 Å². The molecule has 20 nitrogen and oxygen atoms in total. The van der Waals surface area contributed by atoms with Gasteiger partial charge in [0.1, 0.15) is 28.9 Å². The molecule has 0 spiro atoms. The van der Waals surface area contributed by atoms with E-state index in [0.717, 1.165) is 31.2 Å². The second kappa shape index (κ2) is 27.8. The standard InChI is InChI=1S/C31H48N6O6.C17H31N5O3/c1-20(13-12-18-33-21(2)32)26-36-27(43-37-26)23(16-17-25(38)41-30(3,4)5)34-29(40)35-24(28(39)42-31(6,7)8)19-22-14-10-9-11-15-22;1-11(7-6-10-20-12(2)18)15-21-16(25-22-15)13(19)8-9-14(23)24-17(3,4)5/h9-11,14-15,20,23-24H,12-13,16-19H2,1-8H3,(H2,32,33)(H2,34,35,40);11,13H,6-10,19H2,1-5H3,(H2,18,20)/t20-,23-,24-;11-,13-/m00/s1. The lowest BCUT2D eigenvalue weighted by molar-refractivity contribution is -0.157. The van der Waals surface area contributed by atoms with E-state index in [1.165, 1.54) is 0 Å². The number of nitrogens with one attached hydrogen (secondary N) is 2. The molecular formula is C48H79N11O9. The summed E-state index contributed by atoms with van der Waals surface area (Å²) in [5, 5.41) is 13.7. The number of urea groups is 1. The van der Waals surface area contributed by atoms with Crippen molar-refractivity contribution < 1.29 is 42.4 Å². The van der Waals surface area contributed by atoms with E-state index in [1.54, 1.807) is 55.4 Å². The maximum absolute atomic E-state index is 13.3. The molecular weight excluding hydrogens is 875 g/mol. The maximum Gasteiger partial charge on any atom is 0.329 e. The van der Waals surface area contributed by atoms with Crippen LogP contribution in [0.5, 0.6) is 0 Å². The van der Waals surface area contributed by atoms with E-state index in [1.807, 2.05) is 65.0 Å². The molecule has 1 aromatic carbocycles. The van der Waals surface area contributed by atoms with E-state index in [2.05, 4.69) is 40.9 Å². The van der Waals surface area contributed by atoms with Gasteiger partial charge in [-0.1, -0.05) is 54.5 Å². The molecule has 0 saturated heterocycles. The van der Waals surface area contributed by atoms with Crippen LogP contribution in [0.1, 0.15) is 194 Å². The molecule has 2 amide bonds. The molecule has 68 heavy (non-hydrogen) atoms. The highest BCUT2D eigenvalue weighted by molar-refractivity contribution is 5.84. The van der Waals surface area contributed by atoms with Gasteiger partial charge in [0.2, 0.25) is 11.8 Å². The topological polar surface area (TPSA) is 301 Å². The number of amides is 2. The van der Waals surface area contributed by atoms with Crippen LogP contribution in [-0.4, -0.2) is 91.8 Å². The first-order valence-electron chi connectivity index (χ1n) is 23.3. The first-order valence-corrected chi connectivity index (χ1v) is 23.3. The number of carbonyl (C=O) groups excluding carboxylic acids is 4. The summed E-state index contributed by atoms with van der Waals surface area (Å²) in [5.74, 6) is 1.53. The number of aliphatic imine (C=N–C) groups is 2. The Morgan fingerprint density at radius 1 is 0.662 bits per heavy atom. The highest BCUT2D eigenvalue weighted by atomic mass is 16.6. The smallest absolute Gasteiger partial charge is 0.329 e. The van der Waals surface area contributed by atoms with Gasteiger partial charge in [0.15, 0.2) is 11.6 Å². The van der Waals surface area contributed by atoms with Crippen LogP contribution < -0.4 is 27.8 Å². The molecule has 8 N–H and O–H groups in total. The summed E-state index contributed by atoms with van der Waals surface area (Å²) in [7, 11) is 0. The van der Waals surface area contributed by atoms with Crippen LogP contribution in [0, 0.1) is 0 Å². The van der Waals surface area contributed by atoms with Crippen LogP contribution in [0.3, 0.4) is 0 Å². The molecule has 0 saturated carbocycles. The number of hydrogen-bond donors (Lipinski definition) is 5. The number of hydrogen-bond acceptors (Lipinski definition) is 16. The molecule has 20 heteroatoms. The summed E-state index contributed by atoms with van der Waals surface area (Å²) in [5.41, 5.74) is 16.1. The van der Waals surface area contributed by atoms with Crippen molar-refractivity contribution in [1.82, 2.24) is 30.9 Å². The van der Waals surface area contributed by atoms with Crippen LogP contribution in [0.15, 0.2) is 49.4 Å². The second-order valence-corrected chi connectivity index (χ2v) is 19.9. The van der Waals surface area contributed by atoms with Crippen molar-refractivity contribution >= 4 is 35.6 Å². The van der Waals surface area contributed by atoms with E-state index in [9.17, 15) is 19.2 Å². The van der Waals surface area contributed by atoms with E-state index < -0.39 is 52.9 Å². The normalized spacial score (nSPS) is 14.6. The van der Waals surface area contributed by atoms with Crippen LogP contribution in [-0.2, 0) is 35.0 Å². The Kier molecular flexibility index (Phi) is 23.8. The minimum atomic E-state index is -0.966. The summed E-state index contributed by atoms with van der Waals surface area (Å²) in [4.78, 5) is 67.8. The fraction of sp³-hybridized carbons (Fsp3) is 0.667. The first-order chi connectivity index (χ1) is 31.6. The minimum absolute atomic E-state index is 0.00849. The van der Waals surface area contributed by atoms with Gasteiger partial charge in [-0.25, -0.2) is 9.59 Å². The number of benzene rings is 1. The first kappa shape index (κ1) is 58.2. The summed E-state index contributed by atoms with van der Waals surface area (Å²) in [6.07, 6.45) is 4.27. The number of aromatic nitrogens is 4. The van der Waals surface area contributed by atoms with Crippen LogP contribution >= 0.6 is 0 Å². The predicted molar refractivity (Wildman–Crippen MR) is 259 cm³/mol. The number of carbonyl (C=O) groups is 4. The van der Waals surface area contributed by atoms with Crippen molar-refractivity contribution in [1.29, 1.82) is 0 Å². The minimum Gasteiger partial charge on any atom is -0.460 e. The number of rotatable bonds is 23. The van der Waals surface area contributed by atoms with Crippen LogP contribution in [0.2, 0.25) is 0 Å². The van der Waals surface area contributed by atoms with Crippen LogP contribution in [0.4, 0.5) is 4.79 Å². The molecule has 3 rings (SSSR count). The monoisotopic (exact) mass is 954 g/mol. The van der Waals surface area contributed by atoms with Crippen molar-refractivity contribution in [2.45, 2.75) is 195 Å². The van der Waals surface area contributed by atoms with E-state index in [4.69, 9.17) is 40.5 Å². The lowest BCUT2D eigenvalue weighted by Gasteiger charge is -2.25. The van der Waals surface area contributed by atoms with Gasteiger partial charge in [-0.2, -0.15) is 9.97 Å². The Morgan fingerprint density at radius 3 is 1.59 bits per heavy atom. The Labute approximate surface area is 402 Å². The predicted octanol–water partition coefficient (Wildman–Crippen LogP) is 7.20. The zero-order chi connectivity index (χ0) is 51.2. The molecule has 3 aromatic rings. The van der Waals surface area contributed by atoms with Crippen molar-refractivity contribution in [3.8, 4) is 0 Å². The van der Waals surface area contributed by atoms with Gasteiger partial charge in [0.25, 0.3) is 0 Å². The van der Waals surface area contributed by atoms with Gasteiger partial charge >= 0.3 is 23.9 Å². The Bertz CT molecular complexity index is 2060. The zero-order valence-corrected chi connectivity index (χ0v) is 42.6. The summed E-state index contributed by atoms with van der Waals surface area (Å²) in [6, 6.07) is 6.40. The fourth-order valence-corrected chi connectivity index (χ4v) is 6.23. The average molecular weight is 954 g/mol. The lowest BCUT2D eigenvalue weighted by Crippen LogP contribution is -2.49. The highest BCUT2D eigenvalue weighted by Gasteiger charge is 2.30. The van der Waals surface area contributed by atoms with Gasteiger partial charge in [0.05, 0.1) is 17.7 Å². The highest BCUT2D eigenvalue weighted by Crippen LogP contribution is 2.25. The summed E-state index contributed by atoms with van der Waals surface area (Å²) >= 11 is 0. The van der Waals surface area contributed by atoms with Crippen molar-refractivity contribution in [3.63, 3.8) is 0 Å². The maximum atomic E-state index is 13.3. The molecule has 0 aliphatic rings. The third-order valence-electron chi connectivity index (χ3n) is 9.45. The third kappa shape index (κ3) is 25.3. The fourth-order valence-electron chi connectivity index (χ4n) is 6.23. The Balaban J connectivity index is 0.000000539. The van der Waals surface area contributed by atoms with Gasteiger partial charge in [-0.3, -0.25) is 19.6 Å². The molecule has 0 unspecified atom stereocenters. The van der Waals surface area contributed by atoms with Gasteiger partial charge < -0.3 is 51.1 Å². The van der Waals surface area contributed by atoms with Crippen LogP contribution in [0.25, 0.3) is 0 Å². The van der Waals surface area contributed by atoms with Crippen molar-refractivity contribution in [2.75, 3.05) is 13.1 Å². The Morgan fingerprint density at radius 2 is 1.12 bits per heavy atom. The van der Waals surface area contributed by atoms with Gasteiger partial charge in [-0.15, -0.1) is 0 Å². The second-order valence-electron chi connectivity index (χ2n) is 19.9. The SMILES string of the molecule is CC(N)=NCCC[C@H](C)c1noc([C@@H](N)CCC(=O)OC(C)(C)C)n1.CC(N)=NCCC[C@H](C)c1noc([C@H](CCC(=O)OC(C)(C)C)NC(=O)N[C@@H](Cc2ccccc2)C(=O)OC(C)(C)C)n1. The number of esters is 3. The third-order valence-corrected chi connectivity index (χ3v) is 9.45. The summed E-state index contributed by atoms with van der Waals surface area (Å²) < 4.78 is 27.1. The van der Waals surface area contributed by atoms with Gasteiger partial charge in [-0.05, 0) is 120 Å². The zero-order valence-electron chi connectivity index (χ0n) is 42.6. The quantitative estimate of drug-likeness (QED) is 0.0206. The molecule has 0 fully saturated rings. The molecule has 0 radical (unpaired) electrons. The number of ether oxygens (including phenoxy) is 3. The molecule has 2 aromatic heterocycles. The summed E-state index contributed by atoms with van der Waals surface area (Å²) in [6.45, 7) is 24.9. The number of nitrogens with two attached hydrogens (primary N) is 3. The van der Waals surface area contributed by atoms with E-state index in [0.29, 0.717) is 48.7 Å².